The number of para-hydroxylation sites is 1. The lowest BCUT2D eigenvalue weighted by Crippen LogP contribution is -2.36. The summed E-state index contributed by atoms with van der Waals surface area (Å²) in [7, 11) is 0. The molecule has 0 spiro atoms. The van der Waals surface area contributed by atoms with Gasteiger partial charge in [0.1, 0.15) is 0 Å². The first kappa shape index (κ1) is 13.2. The number of carbonyl (C=O) groups is 1. The second kappa shape index (κ2) is 5.36. The van der Waals surface area contributed by atoms with Crippen LogP contribution >= 0.6 is 0 Å². The van der Waals surface area contributed by atoms with Gasteiger partial charge in [-0.1, -0.05) is 18.2 Å². The van der Waals surface area contributed by atoms with Crippen LogP contribution in [0.3, 0.4) is 0 Å². The van der Waals surface area contributed by atoms with Crippen molar-refractivity contribution in [3.05, 3.63) is 29.8 Å². The van der Waals surface area contributed by atoms with E-state index >= 15 is 0 Å². The lowest BCUT2D eigenvalue weighted by molar-refractivity contribution is -0.123. The molecule has 0 bridgehead atoms. The number of fused-ring (bicyclic) bond motifs is 1. The lowest BCUT2D eigenvalue weighted by Gasteiger charge is -2.26. The Balaban J connectivity index is 1.41. The molecule has 1 aliphatic heterocycles. The summed E-state index contributed by atoms with van der Waals surface area (Å²) in [5, 5.41) is 6.66. The minimum absolute atomic E-state index is 0.0292. The van der Waals surface area contributed by atoms with Crippen LogP contribution in [0.2, 0.25) is 0 Å². The second-order valence-electron chi connectivity index (χ2n) is 6.94. The Morgan fingerprint density at radius 3 is 2.57 bits per heavy atom. The summed E-state index contributed by atoms with van der Waals surface area (Å²) in [5.74, 6) is 2.82. The van der Waals surface area contributed by atoms with Crippen molar-refractivity contribution in [2.75, 3.05) is 18.4 Å². The zero-order valence-corrected chi connectivity index (χ0v) is 12.5. The first-order valence-corrected chi connectivity index (χ1v) is 8.43. The molecule has 1 aromatic carbocycles. The first-order valence-electron chi connectivity index (χ1n) is 8.43. The van der Waals surface area contributed by atoms with E-state index in [9.17, 15) is 4.79 Å². The van der Waals surface area contributed by atoms with Crippen LogP contribution in [0.5, 0.6) is 0 Å². The first-order chi connectivity index (χ1) is 10.3. The van der Waals surface area contributed by atoms with Crippen molar-refractivity contribution in [3.8, 4) is 0 Å². The van der Waals surface area contributed by atoms with Crippen LogP contribution in [0.15, 0.2) is 24.3 Å². The standard InChI is InChI=1S/C18H24N2O/c21-18(20-11-16(12-5-6-12)13-7-8-13)15-9-10-19-17-4-2-1-3-14(15)17/h1-4,12-13,15-16,19H,5-11H2,(H,20,21). The molecule has 1 heterocycles. The smallest absolute Gasteiger partial charge is 0.227 e. The Morgan fingerprint density at radius 2 is 1.86 bits per heavy atom. The highest BCUT2D eigenvalue weighted by Gasteiger charge is 2.41. The van der Waals surface area contributed by atoms with E-state index in [4.69, 9.17) is 0 Å². The molecule has 0 aromatic heterocycles. The number of anilines is 1. The number of rotatable bonds is 5. The highest BCUT2D eigenvalue weighted by molar-refractivity contribution is 5.86. The normalized spacial score (nSPS) is 24.3. The van der Waals surface area contributed by atoms with Crippen LogP contribution in [0.25, 0.3) is 0 Å². The monoisotopic (exact) mass is 284 g/mol. The average molecular weight is 284 g/mol. The fourth-order valence-corrected chi connectivity index (χ4v) is 3.85. The van der Waals surface area contributed by atoms with Crippen LogP contribution in [0.4, 0.5) is 5.69 Å². The summed E-state index contributed by atoms with van der Waals surface area (Å²) in [5.41, 5.74) is 2.29. The molecule has 112 valence electrons. The fraction of sp³-hybridized carbons (Fsp3) is 0.611. The maximum absolute atomic E-state index is 12.6. The van der Waals surface area contributed by atoms with Crippen LogP contribution in [0.1, 0.15) is 43.6 Å². The maximum atomic E-state index is 12.6. The number of benzene rings is 1. The van der Waals surface area contributed by atoms with Crippen molar-refractivity contribution in [2.45, 2.75) is 38.0 Å². The van der Waals surface area contributed by atoms with Gasteiger partial charge in [0, 0.05) is 18.8 Å². The number of carbonyl (C=O) groups excluding carboxylic acids is 1. The van der Waals surface area contributed by atoms with Gasteiger partial charge in [0.25, 0.3) is 0 Å². The zero-order valence-electron chi connectivity index (χ0n) is 12.5. The van der Waals surface area contributed by atoms with E-state index in [-0.39, 0.29) is 11.8 Å². The van der Waals surface area contributed by atoms with Gasteiger partial charge >= 0.3 is 0 Å². The van der Waals surface area contributed by atoms with E-state index in [1.165, 1.54) is 25.7 Å². The van der Waals surface area contributed by atoms with E-state index in [1.54, 1.807) is 0 Å². The van der Waals surface area contributed by atoms with Crippen molar-refractivity contribution in [2.24, 2.45) is 17.8 Å². The van der Waals surface area contributed by atoms with Gasteiger partial charge in [0.05, 0.1) is 5.92 Å². The van der Waals surface area contributed by atoms with Gasteiger partial charge in [-0.05, 0) is 61.5 Å². The molecule has 1 unspecified atom stereocenters. The number of nitrogens with one attached hydrogen (secondary N) is 2. The zero-order chi connectivity index (χ0) is 14.2. The summed E-state index contributed by atoms with van der Waals surface area (Å²) in [4.78, 5) is 12.6. The van der Waals surface area contributed by atoms with Gasteiger partial charge < -0.3 is 10.6 Å². The van der Waals surface area contributed by atoms with Crippen LogP contribution in [-0.4, -0.2) is 19.0 Å². The molecule has 3 nitrogen and oxygen atoms in total. The fourth-order valence-electron chi connectivity index (χ4n) is 3.85. The van der Waals surface area contributed by atoms with E-state index in [2.05, 4.69) is 22.8 Å². The summed E-state index contributed by atoms with van der Waals surface area (Å²) < 4.78 is 0. The molecule has 2 saturated carbocycles. The highest BCUT2D eigenvalue weighted by Crippen LogP contribution is 2.48. The molecule has 1 aromatic rings. The third kappa shape index (κ3) is 2.78. The van der Waals surface area contributed by atoms with E-state index in [0.29, 0.717) is 0 Å². The van der Waals surface area contributed by atoms with Gasteiger partial charge in [-0.2, -0.15) is 0 Å². The predicted octanol–water partition coefficient (Wildman–Crippen LogP) is 3.14. The Labute approximate surface area is 126 Å². The summed E-state index contributed by atoms with van der Waals surface area (Å²) in [6.07, 6.45) is 6.43. The molecule has 2 aliphatic carbocycles. The number of hydrogen-bond donors (Lipinski definition) is 2. The minimum atomic E-state index is 0.0292. The molecule has 1 atom stereocenters. The number of amides is 1. The lowest BCUT2D eigenvalue weighted by atomic mass is 9.90. The highest BCUT2D eigenvalue weighted by atomic mass is 16.1. The van der Waals surface area contributed by atoms with Crippen molar-refractivity contribution < 1.29 is 4.79 Å². The Bertz CT molecular complexity index is 522. The quantitative estimate of drug-likeness (QED) is 0.872. The van der Waals surface area contributed by atoms with Crippen LogP contribution in [0, 0.1) is 17.8 Å². The molecule has 21 heavy (non-hydrogen) atoms. The molecule has 0 saturated heterocycles. The van der Waals surface area contributed by atoms with Gasteiger partial charge in [-0.25, -0.2) is 0 Å². The molecule has 3 heteroatoms. The Morgan fingerprint density at radius 1 is 1.14 bits per heavy atom. The predicted molar refractivity (Wildman–Crippen MR) is 84.2 cm³/mol. The number of hydrogen-bond acceptors (Lipinski definition) is 2. The average Bonchev–Trinajstić information content (AvgIpc) is 3.39. The van der Waals surface area contributed by atoms with Gasteiger partial charge in [-0.15, -0.1) is 0 Å². The van der Waals surface area contributed by atoms with Gasteiger partial charge in [0.2, 0.25) is 5.91 Å². The third-order valence-corrected chi connectivity index (χ3v) is 5.37. The van der Waals surface area contributed by atoms with Crippen LogP contribution in [-0.2, 0) is 4.79 Å². The van der Waals surface area contributed by atoms with E-state index in [0.717, 1.165) is 48.5 Å². The molecule has 1 amide bonds. The second-order valence-corrected chi connectivity index (χ2v) is 6.94. The van der Waals surface area contributed by atoms with E-state index < -0.39 is 0 Å². The molecular weight excluding hydrogens is 260 g/mol. The molecule has 2 N–H and O–H groups in total. The minimum Gasteiger partial charge on any atom is -0.385 e. The van der Waals surface area contributed by atoms with Crippen molar-refractivity contribution >= 4 is 11.6 Å². The molecule has 0 radical (unpaired) electrons. The molecular formula is C18H24N2O. The summed E-state index contributed by atoms with van der Waals surface area (Å²) >= 11 is 0. The SMILES string of the molecule is O=C(NCC(C1CC1)C1CC1)C1CCNc2ccccc21. The largest absolute Gasteiger partial charge is 0.385 e. The third-order valence-electron chi connectivity index (χ3n) is 5.37. The molecule has 2 fully saturated rings. The Kier molecular flexibility index (Phi) is 3.36. The van der Waals surface area contributed by atoms with Gasteiger partial charge in [0.15, 0.2) is 0 Å². The maximum Gasteiger partial charge on any atom is 0.227 e. The van der Waals surface area contributed by atoms with Crippen molar-refractivity contribution in [3.63, 3.8) is 0 Å². The van der Waals surface area contributed by atoms with Crippen molar-refractivity contribution in [1.29, 1.82) is 0 Å². The van der Waals surface area contributed by atoms with Crippen LogP contribution < -0.4 is 10.6 Å². The molecule has 4 rings (SSSR count). The van der Waals surface area contributed by atoms with Crippen molar-refractivity contribution in [1.82, 2.24) is 5.32 Å². The Hall–Kier alpha value is -1.51. The van der Waals surface area contributed by atoms with E-state index in [1.807, 2.05) is 12.1 Å². The molecule has 3 aliphatic rings. The van der Waals surface area contributed by atoms with Gasteiger partial charge in [-0.3, -0.25) is 4.79 Å². The summed E-state index contributed by atoms with van der Waals surface area (Å²) in [6.45, 7) is 1.80. The summed E-state index contributed by atoms with van der Waals surface area (Å²) in [6, 6.07) is 8.22. The topological polar surface area (TPSA) is 41.1 Å².